The zero-order chi connectivity index (χ0) is 16.5. The second-order valence-electron chi connectivity index (χ2n) is 5.61. The Kier molecular flexibility index (Phi) is 4.75. The van der Waals surface area contributed by atoms with Gasteiger partial charge in [-0.2, -0.15) is 0 Å². The van der Waals surface area contributed by atoms with Crippen molar-refractivity contribution in [2.45, 2.75) is 31.8 Å². The van der Waals surface area contributed by atoms with Gasteiger partial charge in [-0.3, -0.25) is 0 Å². The monoisotopic (exact) mass is 322 g/mol. The van der Waals surface area contributed by atoms with Crippen LogP contribution in [0.3, 0.4) is 0 Å². The molecular formula is C16H22N2O3S. The summed E-state index contributed by atoms with van der Waals surface area (Å²) < 4.78 is 29.1. The van der Waals surface area contributed by atoms with Gasteiger partial charge in [0.2, 0.25) is 10.0 Å². The number of nitrogens with zero attached hydrogens (tertiary/aromatic N) is 1. The summed E-state index contributed by atoms with van der Waals surface area (Å²) in [5.74, 6) is 0. The highest BCUT2D eigenvalue weighted by Gasteiger charge is 2.20. The van der Waals surface area contributed by atoms with Crippen LogP contribution in [-0.2, 0) is 17.1 Å². The van der Waals surface area contributed by atoms with Gasteiger partial charge in [0.25, 0.3) is 0 Å². The minimum absolute atomic E-state index is 0.0629. The van der Waals surface area contributed by atoms with Crippen LogP contribution in [0, 0.1) is 20.8 Å². The van der Waals surface area contributed by atoms with E-state index in [0.29, 0.717) is 11.3 Å². The molecule has 0 saturated heterocycles. The summed E-state index contributed by atoms with van der Waals surface area (Å²) in [7, 11) is -1.84. The molecule has 0 spiro atoms. The summed E-state index contributed by atoms with van der Waals surface area (Å²) >= 11 is 0. The van der Waals surface area contributed by atoms with Crippen molar-refractivity contribution in [1.29, 1.82) is 0 Å². The first-order valence-electron chi connectivity index (χ1n) is 7.09. The Morgan fingerprint density at radius 3 is 2.41 bits per heavy atom. The van der Waals surface area contributed by atoms with Crippen molar-refractivity contribution < 1.29 is 13.5 Å². The van der Waals surface area contributed by atoms with Crippen molar-refractivity contribution in [2.24, 2.45) is 7.05 Å². The van der Waals surface area contributed by atoms with Gasteiger partial charge in [-0.1, -0.05) is 6.07 Å². The number of rotatable bonds is 5. The van der Waals surface area contributed by atoms with E-state index in [1.807, 2.05) is 19.9 Å². The zero-order valence-electron chi connectivity index (χ0n) is 13.3. The topological polar surface area (TPSA) is 71.3 Å². The molecule has 0 amide bonds. The van der Waals surface area contributed by atoms with E-state index in [1.165, 1.54) is 0 Å². The van der Waals surface area contributed by atoms with Gasteiger partial charge in [0.05, 0.1) is 4.90 Å². The molecule has 0 radical (unpaired) electrons. The fraction of sp³-hybridized carbons (Fsp3) is 0.375. The van der Waals surface area contributed by atoms with Crippen molar-refractivity contribution >= 4 is 10.0 Å². The largest absolute Gasteiger partial charge is 0.386 e. The Labute approximate surface area is 131 Å². The summed E-state index contributed by atoms with van der Waals surface area (Å²) in [5, 5.41) is 10.1. The van der Waals surface area contributed by atoms with Crippen molar-refractivity contribution in [3.8, 4) is 0 Å². The summed E-state index contributed by atoms with van der Waals surface area (Å²) in [5.41, 5.74) is 3.35. The van der Waals surface area contributed by atoms with Crippen LogP contribution in [0.5, 0.6) is 0 Å². The number of aliphatic hydroxyl groups excluding tert-OH is 1. The van der Waals surface area contributed by atoms with Crippen LogP contribution in [0.25, 0.3) is 0 Å². The molecule has 1 heterocycles. The minimum atomic E-state index is -3.65. The van der Waals surface area contributed by atoms with Gasteiger partial charge in [-0.05, 0) is 55.7 Å². The lowest BCUT2D eigenvalue weighted by Gasteiger charge is -2.15. The second-order valence-corrected chi connectivity index (χ2v) is 7.35. The van der Waals surface area contributed by atoms with E-state index in [0.717, 1.165) is 11.1 Å². The lowest BCUT2D eigenvalue weighted by Crippen LogP contribution is -2.29. The molecule has 0 saturated carbocycles. The quantitative estimate of drug-likeness (QED) is 0.884. The molecular weight excluding hydrogens is 300 g/mol. The van der Waals surface area contributed by atoms with E-state index in [4.69, 9.17) is 0 Å². The number of aryl methyl sites for hydroxylation is 4. The molecule has 0 fully saturated rings. The van der Waals surface area contributed by atoms with Crippen molar-refractivity contribution in [3.63, 3.8) is 0 Å². The van der Waals surface area contributed by atoms with E-state index in [-0.39, 0.29) is 11.4 Å². The Morgan fingerprint density at radius 1 is 1.18 bits per heavy atom. The molecule has 2 rings (SSSR count). The van der Waals surface area contributed by atoms with Crippen LogP contribution in [0.15, 0.2) is 35.4 Å². The lowest BCUT2D eigenvalue weighted by atomic mass is 10.1. The predicted molar refractivity (Wildman–Crippen MR) is 86.2 cm³/mol. The van der Waals surface area contributed by atoms with Gasteiger partial charge < -0.3 is 9.67 Å². The fourth-order valence-corrected chi connectivity index (χ4v) is 3.76. The van der Waals surface area contributed by atoms with Crippen LogP contribution in [0.1, 0.15) is 28.5 Å². The molecule has 22 heavy (non-hydrogen) atoms. The first kappa shape index (κ1) is 16.7. The van der Waals surface area contributed by atoms with E-state index in [2.05, 4.69) is 4.72 Å². The Bertz CT molecular complexity index is 779. The van der Waals surface area contributed by atoms with Gasteiger partial charge in [-0.25, -0.2) is 13.1 Å². The third-order valence-corrected chi connectivity index (χ3v) is 5.44. The van der Waals surface area contributed by atoms with Crippen LogP contribution in [0.2, 0.25) is 0 Å². The second kappa shape index (κ2) is 6.24. The lowest BCUT2D eigenvalue weighted by molar-refractivity contribution is 0.173. The summed E-state index contributed by atoms with van der Waals surface area (Å²) in [6.07, 6.45) is 0.919. The maximum atomic E-state index is 12.4. The van der Waals surface area contributed by atoms with E-state index in [1.54, 1.807) is 42.9 Å². The highest BCUT2D eigenvalue weighted by atomic mass is 32.2. The molecule has 5 nitrogen and oxygen atoms in total. The standard InChI is InChI=1S/C16H22N2O3S/c1-11-8-13(3)16(9-12(11)2)22(20,21)17-10-15(19)14-6-5-7-18(14)4/h5-9,15,17,19H,10H2,1-4H3. The van der Waals surface area contributed by atoms with E-state index >= 15 is 0 Å². The van der Waals surface area contributed by atoms with Crippen LogP contribution in [-0.4, -0.2) is 24.6 Å². The fourth-order valence-electron chi connectivity index (χ4n) is 2.42. The number of aliphatic hydroxyl groups is 1. The number of aromatic nitrogens is 1. The van der Waals surface area contributed by atoms with Crippen LogP contribution in [0.4, 0.5) is 0 Å². The molecule has 0 bridgehead atoms. The molecule has 6 heteroatoms. The third-order valence-electron chi connectivity index (χ3n) is 3.87. The highest BCUT2D eigenvalue weighted by Crippen LogP contribution is 2.20. The van der Waals surface area contributed by atoms with Gasteiger partial charge in [-0.15, -0.1) is 0 Å². The number of hydrogen-bond donors (Lipinski definition) is 2. The first-order valence-corrected chi connectivity index (χ1v) is 8.57. The van der Waals surface area contributed by atoms with Crippen molar-refractivity contribution in [3.05, 3.63) is 52.8 Å². The molecule has 2 aromatic rings. The number of sulfonamides is 1. The number of hydrogen-bond acceptors (Lipinski definition) is 3. The van der Waals surface area contributed by atoms with Gasteiger partial charge >= 0.3 is 0 Å². The van der Waals surface area contributed by atoms with Gasteiger partial charge in [0.15, 0.2) is 0 Å². The van der Waals surface area contributed by atoms with E-state index < -0.39 is 16.1 Å². The number of nitrogens with one attached hydrogen (secondary N) is 1. The predicted octanol–water partition coefficient (Wildman–Crippen LogP) is 1.96. The summed E-state index contributed by atoms with van der Waals surface area (Å²) in [4.78, 5) is 0.259. The van der Waals surface area contributed by atoms with Crippen LogP contribution >= 0.6 is 0 Å². The molecule has 1 aromatic heterocycles. The third kappa shape index (κ3) is 3.40. The normalized spacial score (nSPS) is 13.3. The average Bonchev–Trinajstić information content (AvgIpc) is 2.86. The van der Waals surface area contributed by atoms with Crippen LogP contribution < -0.4 is 4.72 Å². The molecule has 1 aromatic carbocycles. The molecule has 0 aliphatic rings. The van der Waals surface area contributed by atoms with E-state index in [9.17, 15) is 13.5 Å². The molecule has 120 valence electrons. The smallest absolute Gasteiger partial charge is 0.240 e. The van der Waals surface area contributed by atoms with Crippen molar-refractivity contribution in [2.75, 3.05) is 6.54 Å². The first-order chi connectivity index (χ1) is 10.2. The Hall–Kier alpha value is -1.63. The maximum Gasteiger partial charge on any atom is 0.240 e. The van der Waals surface area contributed by atoms with Crippen molar-refractivity contribution in [1.82, 2.24) is 9.29 Å². The highest BCUT2D eigenvalue weighted by molar-refractivity contribution is 7.89. The Morgan fingerprint density at radius 2 is 1.82 bits per heavy atom. The summed E-state index contributed by atoms with van der Waals surface area (Å²) in [6, 6.07) is 7.10. The molecule has 0 aliphatic carbocycles. The molecule has 2 N–H and O–H groups in total. The minimum Gasteiger partial charge on any atom is -0.386 e. The Balaban J connectivity index is 2.19. The summed E-state index contributed by atoms with van der Waals surface area (Å²) in [6.45, 7) is 5.54. The molecule has 1 atom stereocenters. The van der Waals surface area contributed by atoms with Gasteiger partial charge in [0.1, 0.15) is 6.10 Å². The zero-order valence-corrected chi connectivity index (χ0v) is 14.1. The average molecular weight is 322 g/mol. The maximum absolute atomic E-state index is 12.4. The SMILES string of the molecule is Cc1cc(C)c(S(=O)(=O)NCC(O)c2cccn2C)cc1C. The molecule has 0 aliphatic heterocycles. The van der Waals surface area contributed by atoms with Gasteiger partial charge in [0, 0.05) is 25.5 Å². The number of benzene rings is 1. The molecule has 1 unspecified atom stereocenters.